The molecule has 12 nitrogen and oxygen atoms in total. The first-order valence-electron chi connectivity index (χ1n) is 13.4. The molecule has 43 heavy (non-hydrogen) atoms. The summed E-state index contributed by atoms with van der Waals surface area (Å²) in [4.78, 5) is 39.4. The van der Waals surface area contributed by atoms with Gasteiger partial charge < -0.3 is 44.3 Å². The Morgan fingerprint density at radius 3 is 2.35 bits per heavy atom. The van der Waals surface area contributed by atoms with Gasteiger partial charge in [0.2, 0.25) is 17.1 Å². The van der Waals surface area contributed by atoms with Crippen LogP contribution in [0.15, 0.2) is 57.7 Å². The smallest absolute Gasteiger partial charge is 0.306 e. The lowest BCUT2D eigenvalue weighted by molar-refractivity contribution is -0.140. The minimum absolute atomic E-state index is 0.0160. The Balaban J connectivity index is 1.58. The molecule has 1 aromatic heterocycles. The van der Waals surface area contributed by atoms with Gasteiger partial charge in [-0.25, -0.2) is 0 Å². The maximum atomic E-state index is 13.3. The Labute approximate surface area is 244 Å². The van der Waals surface area contributed by atoms with Crippen molar-refractivity contribution in [3.8, 4) is 45.8 Å². The highest BCUT2D eigenvalue weighted by atomic mass is 16.5. The molecular formula is C31H29NO11. The third-order valence-corrected chi connectivity index (χ3v) is 7.41. The van der Waals surface area contributed by atoms with E-state index in [2.05, 4.69) is 0 Å². The third-order valence-electron chi connectivity index (χ3n) is 7.41. The average molecular weight is 592 g/mol. The summed E-state index contributed by atoms with van der Waals surface area (Å²) in [6.07, 6.45) is 1.06. The number of carbonyl (C=O) groups is 2. The van der Waals surface area contributed by atoms with Gasteiger partial charge in [-0.15, -0.1) is 0 Å². The second-order valence-electron chi connectivity index (χ2n) is 10.1. The van der Waals surface area contributed by atoms with Crippen LogP contribution in [-0.4, -0.2) is 69.1 Å². The van der Waals surface area contributed by atoms with Gasteiger partial charge in [0.25, 0.3) is 0 Å². The Morgan fingerprint density at radius 2 is 1.70 bits per heavy atom. The summed E-state index contributed by atoms with van der Waals surface area (Å²) in [7, 11) is 1.20. The summed E-state index contributed by atoms with van der Waals surface area (Å²) in [5, 5.41) is 51.5. The molecule has 224 valence electrons. The fourth-order valence-corrected chi connectivity index (χ4v) is 5.19. The van der Waals surface area contributed by atoms with Gasteiger partial charge >= 0.3 is 5.97 Å². The number of amides is 1. The van der Waals surface area contributed by atoms with Crippen LogP contribution in [-0.2, 0) is 14.3 Å². The number of benzene rings is 3. The molecule has 0 unspecified atom stereocenters. The van der Waals surface area contributed by atoms with Crippen LogP contribution >= 0.6 is 0 Å². The highest BCUT2D eigenvalue weighted by molar-refractivity contribution is 5.92. The molecule has 0 aliphatic carbocycles. The summed E-state index contributed by atoms with van der Waals surface area (Å²) in [5.74, 6) is -4.46. The van der Waals surface area contributed by atoms with E-state index in [-0.39, 0.29) is 35.6 Å². The molecule has 4 aromatic rings. The first-order chi connectivity index (χ1) is 20.6. The Morgan fingerprint density at radius 1 is 0.953 bits per heavy atom. The molecule has 1 aliphatic rings. The topological polar surface area (TPSA) is 187 Å². The summed E-state index contributed by atoms with van der Waals surface area (Å²) in [5.41, 5.74) is -0.871. The second-order valence-corrected chi connectivity index (χ2v) is 10.1. The molecule has 1 atom stereocenters. The highest BCUT2D eigenvalue weighted by Gasteiger charge is 2.30. The average Bonchev–Trinajstić information content (AvgIpc) is 3.40. The Kier molecular flexibility index (Phi) is 8.02. The molecule has 5 N–H and O–H groups in total. The van der Waals surface area contributed by atoms with E-state index in [1.54, 1.807) is 29.2 Å². The van der Waals surface area contributed by atoms with Crippen molar-refractivity contribution in [2.45, 2.75) is 25.2 Å². The maximum Gasteiger partial charge on any atom is 0.306 e. The molecule has 0 bridgehead atoms. The number of likely N-dealkylation sites (tertiary alicyclic amines) is 1. The van der Waals surface area contributed by atoms with Crippen molar-refractivity contribution < 1.29 is 49.0 Å². The summed E-state index contributed by atoms with van der Waals surface area (Å²) >= 11 is 0. The van der Waals surface area contributed by atoms with Crippen LogP contribution in [0.3, 0.4) is 0 Å². The number of esters is 1. The van der Waals surface area contributed by atoms with E-state index in [1.165, 1.54) is 13.2 Å². The number of hydrogen-bond acceptors (Lipinski definition) is 11. The van der Waals surface area contributed by atoms with Crippen LogP contribution in [0.2, 0.25) is 0 Å². The maximum absolute atomic E-state index is 13.3. The normalized spacial score (nSPS) is 13.8. The van der Waals surface area contributed by atoms with Gasteiger partial charge in [0.15, 0.2) is 17.3 Å². The summed E-state index contributed by atoms with van der Waals surface area (Å²) < 4.78 is 16.6. The largest absolute Gasteiger partial charge is 0.507 e. The van der Waals surface area contributed by atoms with Gasteiger partial charge in [-0.2, -0.15) is 0 Å². The molecular weight excluding hydrogens is 562 g/mol. The Bertz CT molecular complexity index is 1760. The fourth-order valence-electron chi connectivity index (χ4n) is 5.19. The number of ether oxygens (including phenoxy) is 2. The van der Waals surface area contributed by atoms with Crippen molar-refractivity contribution in [2.24, 2.45) is 0 Å². The van der Waals surface area contributed by atoms with Crippen LogP contribution in [0, 0.1) is 0 Å². The second kappa shape index (κ2) is 11.8. The first-order valence-corrected chi connectivity index (χ1v) is 13.4. The molecule has 1 fully saturated rings. The molecule has 5 rings (SSSR count). The summed E-state index contributed by atoms with van der Waals surface area (Å²) in [6, 6.07) is 11.0. The van der Waals surface area contributed by atoms with Crippen LogP contribution < -0.4 is 10.2 Å². The van der Waals surface area contributed by atoms with Crippen LogP contribution in [0.1, 0.15) is 36.3 Å². The molecule has 1 amide bonds. The number of nitrogens with zero attached hydrogens (tertiary/aromatic N) is 1. The van der Waals surface area contributed by atoms with Crippen molar-refractivity contribution in [1.29, 1.82) is 0 Å². The van der Waals surface area contributed by atoms with Crippen molar-refractivity contribution in [3.63, 3.8) is 0 Å². The number of phenolic OH excluding ortho intramolecular Hbond substituents is 4. The number of aromatic hydroxyl groups is 5. The molecule has 1 saturated heterocycles. The molecule has 3 aromatic carbocycles. The molecule has 2 heterocycles. The van der Waals surface area contributed by atoms with Gasteiger partial charge in [0, 0.05) is 36.1 Å². The number of carbonyl (C=O) groups excluding carboxylic acids is 2. The van der Waals surface area contributed by atoms with Gasteiger partial charge in [-0.05, 0) is 42.3 Å². The van der Waals surface area contributed by atoms with Crippen molar-refractivity contribution in [3.05, 3.63) is 69.9 Å². The molecule has 0 saturated carbocycles. The number of methoxy groups -OCH3 is 1. The molecule has 0 spiro atoms. The predicted molar refractivity (Wildman–Crippen MR) is 152 cm³/mol. The van der Waals surface area contributed by atoms with Crippen LogP contribution in [0.5, 0.6) is 34.5 Å². The SMILES string of the molecule is COC(=O)C[C@@H](c1ccc(OCCN2CCCC2=O)cc1)c1c(O)cc(O)c2c(=O)c(O)c(-c3ccc(O)c(O)c3)oc12. The minimum atomic E-state index is -1.03. The van der Waals surface area contributed by atoms with Crippen molar-refractivity contribution >= 4 is 22.8 Å². The molecule has 0 radical (unpaired) electrons. The van der Waals surface area contributed by atoms with E-state index in [0.29, 0.717) is 30.8 Å². The van der Waals surface area contributed by atoms with E-state index in [1.807, 2.05) is 0 Å². The lowest BCUT2D eigenvalue weighted by Crippen LogP contribution is -2.29. The monoisotopic (exact) mass is 591 g/mol. The van der Waals surface area contributed by atoms with Crippen LogP contribution in [0.4, 0.5) is 0 Å². The van der Waals surface area contributed by atoms with Crippen molar-refractivity contribution in [2.75, 3.05) is 26.8 Å². The van der Waals surface area contributed by atoms with Crippen LogP contribution in [0.25, 0.3) is 22.3 Å². The predicted octanol–water partition coefficient (Wildman–Crippen LogP) is 3.68. The zero-order chi connectivity index (χ0) is 30.8. The molecule has 12 heteroatoms. The van der Waals surface area contributed by atoms with E-state index >= 15 is 0 Å². The quantitative estimate of drug-likeness (QED) is 0.141. The number of fused-ring (bicyclic) bond motifs is 1. The van der Waals surface area contributed by atoms with E-state index in [9.17, 15) is 39.9 Å². The lowest BCUT2D eigenvalue weighted by Gasteiger charge is -2.21. The van der Waals surface area contributed by atoms with Crippen molar-refractivity contribution in [1.82, 2.24) is 4.90 Å². The number of phenols is 4. The minimum Gasteiger partial charge on any atom is -0.507 e. The number of hydrogen-bond donors (Lipinski definition) is 5. The zero-order valence-corrected chi connectivity index (χ0v) is 23.1. The van der Waals surface area contributed by atoms with E-state index in [0.717, 1.165) is 24.6 Å². The first kappa shape index (κ1) is 29.1. The van der Waals surface area contributed by atoms with Gasteiger partial charge in [-0.1, -0.05) is 12.1 Å². The standard InChI is InChI=1S/C31H29NO11/c1-41-25(38)14-19(16-4-7-18(8-5-16)42-12-11-32-10-2-3-24(32)37)26-22(35)15-23(36)27-28(39)29(40)30(43-31(26)27)17-6-9-20(33)21(34)13-17/h4-9,13,15,19,33-36,40H,2-3,10-12,14H2,1H3/t19-/m0/s1. The highest BCUT2D eigenvalue weighted by Crippen LogP contribution is 2.45. The van der Waals surface area contributed by atoms with Gasteiger partial charge in [-0.3, -0.25) is 14.4 Å². The Hall–Kier alpha value is -5.39. The van der Waals surface area contributed by atoms with Gasteiger partial charge in [0.05, 0.1) is 20.1 Å². The third kappa shape index (κ3) is 5.71. The van der Waals surface area contributed by atoms with E-state index in [4.69, 9.17) is 13.9 Å². The van der Waals surface area contributed by atoms with E-state index < -0.39 is 57.2 Å². The van der Waals surface area contributed by atoms with Gasteiger partial charge in [0.1, 0.15) is 34.8 Å². The summed E-state index contributed by atoms with van der Waals surface area (Å²) in [6.45, 7) is 1.43. The number of rotatable bonds is 9. The fraction of sp³-hybridized carbons (Fsp3) is 0.258. The molecule has 1 aliphatic heterocycles. The lowest BCUT2D eigenvalue weighted by atomic mass is 9.86. The zero-order valence-electron chi connectivity index (χ0n) is 23.1.